The van der Waals surface area contributed by atoms with Crippen molar-refractivity contribution in [2.24, 2.45) is 0 Å². The minimum absolute atomic E-state index is 0.0400. The Hall–Kier alpha value is -2.28. The highest BCUT2D eigenvalue weighted by molar-refractivity contribution is 5.56. The number of hydrogen-bond donors (Lipinski definition) is 0. The summed E-state index contributed by atoms with van der Waals surface area (Å²) >= 11 is 0. The minimum atomic E-state index is -0.443. The van der Waals surface area contributed by atoms with Crippen LogP contribution < -0.4 is 0 Å². The van der Waals surface area contributed by atoms with Crippen LogP contribution in [0, 0.1) is 10.1 Å². The first-order chi connectivity index (χ1) is 9.10. The fourth-order valence-corrected chi connectivity index (χ4v) is 1.51. The van der Waals surface area contributed by atoms with Crippen molar-refractivity contribution in [2.75, 3.05) is 13.6 Å². The molecular weight excluding hydrogens is 248 g/mol. The lowest BCUT2D eigenvalue weighted by Gasteiger charge is -2.08. The highest BCUT2D eigenvalue weighted by Crippen LogP contribution is 2.20. The van der Waals surface area contributed by atoms with Crippen molar-refractivity contribution in [3.63, 3.8) is 0 Å². The van der Waals surface area contributed by atoms with Gasteiger partial charge in [-0.3, -0.25) is 15.0 Å². The van der Waals surface area contributed by atoms with Gasteiger partial charge in [-0.1, -0.05) is 12.1 Å². The van der Waals surface area contributed by atoms with E-state index in [1.165, 1.54) is 12.1 Å². The molecule has 19 heavy (non-hydrogen) atoms. The Bertz CT molecular complexity index is 565. The van der Waals surface area contributed by atoms with Crippen LogP contribution in [0.5, 0.6) is 0 Å². The van der Waals surface area contributed by atoms with Crippen LogP contribution in [0.1, 0.15) is 12.8 Å². The number of nitro benzene ring substituents is 1. The van der Waals surface area contributed by atoms with Gasteiger partial charge in [-0.25, -0.2) is 0 Å². The standard InChI is InChI=1S/C12H14N4O3/c1-3-15(2)8-11-13-12(14-19-11)9-4-6-10(7-5-9)16(17)18/h4-7H,3,8H2,1-2H3. The van der Waals surface area contributed by atoms with Crippen molar-refractivity contribution in [3.8, 4) is 11.4 Å². The highest BCUT2D eigenvalue weighted by atomic mass is 16.6. The van der Waals surface area contributed by atoms with Gasteiger partial charge in [0, 0.05) is 17.7 Å². The molecule has 0 amide bonds. The van der Waals surface area contributed by atoms with Gasteiger partial charge in [0.1, 0.15) is 0 Å². The molecule has 7 nitrogen and oxygen atoms in total. The number of nitro groups is 1. The normalized spacial score (nSPS) is 10.9. The molecule has 7 heteroatoms. The molecule has 2 aromatic rings. The summed E-state index contributed by atoms with van der Waals surface area (Å²) < 4.78 is 5.13. The molecule has 1 aromatic heterocycles. The molecule has 0 N–H and O–H groups in total. The van der Waals surface area contributed by atoms with E-state index in [4.69, 9.17) is 4.52 Å². The summed E-state index contributed by atoms with van der Waals surface area (Å²) in [6.45, 7) is 3.50. The lowest BCUT2D eigenvalue weighted by Crippen LogP contribution is -2.16. The van der Waals surface area contributed by atoms with E-state index < -0.39 is 4.92 Å². The van der Waals surface area contributed by atoms with Crippen molar-refractivity contribution in [1.82, 2.24) is 15.0 Å². The summed E-state index contributed by atoms with van der Waals surface area (Å²) in [7, 11) is 1.95. The van der Waals surface area contributed by atoms with Gasteiger partial charge in [0.15, 0.2) is 0 Å². The quantitative estimate of drug-likeness (QED) is 0.606. The monoisotopic (exact) mass is 262 g/mol. The second-order valence-electron chi connectivity index (χ2n) is 4.15. The highest BCUT2D eigenvalue weighted by Gasteiger charge is 2.11. The maximum Gasteiger partial charge on any atom is 0.269 e. The molecule has 1 heterocycles. The summed E-state index contributed by atoms with van der Waals surface area (Å²) in [4.78, 5) is 16.4. The predicted octanol–water partition coefficient (Wildman–Crippen LogP) is 2.10. The molecule has 0 saturated carbocycles. The van der Waals surface area contributed by atoms with Gasteiger partial charge in [0.2, 0.25) is 11.7 Å². The summed E-state index contributed by atoms with van der Waals surface area (Å²) in [6, 6.07) is 6.06. The lowest BCUT2D eigenvalue weighted by molar-refractivity contribution is -0.384. The Morgan fingerprint density at radius 3 is 2.63 bits per heavy atom. The van der Waals surface area contributed by atoms with E-state index in [0.29, 0.717) is 23.8 Å². The third-order valence-corrected chi connectivity index (χ3v) is 2.75. The van der Waals surface area contributed by atoms with Crippen LogP contribution in [-0.2, 0) is 6.54 Å². The Morgan fingerprint density at radius 2 is 2.05 bits per heavy atom. The van der Waals surface area contributed by atoms with Crippen molar-refractivity contribution in [2.45, 2.75) is 13.5 Å². The average Bonchev–Trinajstić information content (AvgIpc) is 2.87. The van der Waals surface area contributed by atoms with Crippen LogP contribution in [-0.4, -0.2) is 33.6 Å². The van der Waals surface area contributed by atoms with Crippen LogP contribution in [0.15, 0.2) is 28.8 Å². The second kappa shape index (κ2) is 5.57. The lowest BCUT2D eigenvalue weighted by atomic mass is 10.2. The van der Waals surface area contributed by atoms with E-state index in [1.807, 2.05) is 18.9 Å². The molecule has 0 atom stereocenters. The fourth-order valence-electron chi connectivity index (χ4n) is 1.51. The number of benzene rings is 1. The summed E-state index contributed by atoms with van der Waals surface area (Å²) in [6.07, 6.45) is 0. The largest absolute Gasteiger partial charge is 0.338 e. The van der Waals surface area contributed by atoms with Crippen molar-refractivity contribution in [1.29, 1.82) is 0 Å². The summed E-state index contributed by atoms with van der Waals surface area (Å²) in [5.74, 6) is 0.965. The second-order valence-corrected chi connectivity index (χ2v) is 4.15. The maximum atomic E-state index is 10.6. The average molecular weight is 262 g/mol. The van der Waals surface area contributed by atoms with Gasteiger partial charge >= 0.3 is 0 Å². The van der Waals surface area contributed by atoms with Crippen LogP contribution >= 0.6 is 0 Å². The molecule has 0 unspecified atom stereocenters. The fraction of sp³-hybridized carbons (Fsp3) is 0.333. The number of non-ortho nitro benzene ring substituents is 1. The molecule has 1 aromatic carbocycles. The van der Waals surface area contributed by atoms with E-state index in [0.717, 1.165) is 6.54 Å². The number of aromatic nitrogens is 2. The zero-order chi connectivity index (χ0) is 13.8. The Kier molecular flexibility index (Phi) is 3.86. The molecule has 0 spiro atoms. The zero-order valence-corrected chi connectivity index (χ0v) is 10.7. The molecule has 0 aliphatic heterocycles. The summed E-state index contributed by atoms with van der Waals surface area (Å²) in [5, 5.41) is 14.4. The first-order valence-corrected chi connectivity index (χ1v) is 5.86. The van der Waals surface area contributed by atoms with Gasteiger partial charge in [-0.05, 0) is 25.7 Å². The number of nitrogens with zero attached hydrogens (tertiary/aromatic N) is 4. The minimum Gasteiger partial charge on any atom is -0.338 e. The van der Waals surface area contributed by atoms with E-state index in [9.17, 15) is 10.1 Å². The van der Waals surface area contributed by atoms with Crippen LogP contribution in [0.4, 0.5) is 5.69 Å². The Morgan fingerprint density at radius 1 is 1.37 bits per heavy atom. The first kappa shape index (κ1) is 13.2. The molecule has 0 radical (unpaired) electrons. The van der Waals surface area contributed by atoms with Crippen LogP contribution in [0.3, 0.4) is 0 Å². The van der Waals surface area contributed by atoms with E-state index in [-0.39, 0.29) is 5.69 Å². The third-order valence-electron chi connectivity index (χ3n) is 2.75. The number of rotatable bonds is 5. The molecular formula is C12H14N4O3. The molecule has 0 fully saturated rings. The van der Waals surface area contributed by atoms with Gasteiger partial charge in [-0.15, -0.1) is 0 Å². The van der Waals surface area contributed by atoms with Gasteiger partial charge in [0.25, 0.3) is 5.69 Å². The SMILES string of the molecule is CCN(C)Cc1nc(-c2ccc([N+](=O)[O-])cc2)no1. The molecule has 0 saturated heterocycles. The van der Waals surface area contributed by atoms with E-state index in [2.05, 4.69) is 10.1 Å². The molecule has 0 aliphatic rings. The smallest absolute Gasteiger partial charge is 0.269 e. The Labute approximate surface area is 110 Å². The first-order valence-electron chi connectivity index (χ1n) is 5.86. The van der Waals surface area contributed by atoms with Crippen LogP contribution in [0.25, 0.3) is 11.4 Å². The van der Waals surface area contributed by atoms with Crippen molar-refractivity contribution in [3.05, 3.63) is 40.3 Å². The third kappa shape index (κ3) is 3.14. The zero-order valence-electron chi connectivity index (χ0n) is 10.7. The number of hydrogen-bond acceptors (Lipinski definition) is 6. The molecule has 0 bridgehead atoms. The predicted molar refractivity (Wildman–Crippen MR) is 68.4 cm³/mol. The van der Waals surface area contributed by atoms with E-state index >= 15 is 0 Å². The van der Waals surface area contributed by atoms with Crippen molar-refractivity contribution >= 4 is 5.69 Å². The van der Waals surface area contributed by atoms with Gasteiger partial charge in [0.05, 0.1) is 11.5 Å². The molecule has 2 rings (SSSR count). The van der Waals surface area contributed by atoms with Crippen molar-refractivity contribution < 1.29 is 9.45 Å². The molecule has 100 valence electrons. The topological polar surface area (TPSA) is 85.3 Å². The van der Waals surface area contributed by atoms with Gasteiger partial charge < -0.3 is 4.52 Å². The molecule has 0 aliphatic carbocycles. The Balaban J connectivity index is 2.16. The van der Waals surface area contributed by atoms with Crippen LogP contribution in [0.2, 0.25) is 0 Å². The van der Waals surface area contributed by atoms with Gasteiger partial charge in [-0.2, -0.15) is 4.98 Å². The maximum absolute atomic E-state index is 10.6. The summed E-state index contributed by atoms with van der Waals surface area (Å²) in [5.41, 5.74) is 0.734. The van der Waals surface area contributed by atoms with E-state index in [1.54, 1.807) is 12.1 Å².